The second kappa shape index (κ2) is 5.07. The van der Waals surface area contributed by atoms with Crippen LogP contribution >= 0.6 is 0 Å². The van der Waals surface area contributed by atoms with Gasteiger partial charge in [0.1, 0.15) is 0 Å². The van der Waals surface area contributed by atoms with Gasteiger partial charge in [0.05, 0.1) is 0 Å². The highest BCUT2D eigenvalue weighted by atomic mass is 16.2. The summed E-state index contributed by atoms with van der Waals surface area (Å²) in [6.07, 6.45) is 9.08. The smallest absolute Gasteiger partial charge is 0.317 e. The Bertz CT molecular complexity index is 236. The van der Waals surface area contributed by atoms with Gasteiger partial charge in [0.15, 0.2) is 0 Å². The second-order valence-electron chi connectivity index (χ2n) is 5.43. The van der Waals surface area contributed by atoms with Gasteiger partial charge in [-0.2, -0.15) is 0 Å². The molecule has 0 aromatic rings. The molecule has 0 bridgehead atoms. The Morgan fingerprint density at radius 2 is 1.81 bits per heavy atom. The molecule has 1 saturated carbocycles. The standard InChI is InChI=1S/C13H24N2O/c1-2-9-14-12(16)15-10-7-13(8-11-15)5-3-4-6-13/h2-11H2,1H3,(H,14,16). The van der Waals surface area contributed by atoms with E-state index in [1.54, 1.807) is 0 Å². The molecule has 2 fully saturated rings. The Kier molecular flexibility index (Phi) is 3.72. The first-order chi connectivity index (χ1) is 7.76. The van der Waals surface area contributed by atoms with Crippen LogP contribution in [-0.4, -0.2) is 30.6 Å². The van der Waals surface area contributed by atoms with Gasteiger partial charge in [0.2, 0.25) is 0 Å². The SMILES string of the molecule is CCCNC(=O)N1CCC2(CCCC2)CC1. The molecule has 1 saturated heterocycles. The molecule has 16 heavy (non-hydrogen) atoms. The number of piperidine rings is 1. The van der Waals surface area contributed by atoms with E-state index in [-0.39, 0.29) is 6.03 Å². The van der Waals surface area contributed by atoms with Crippen molar-refractivity contribution in [3.05, 3.63) is 0 Å². The average molecular weight is 224 g/mol. The van der Waals surface area contributed by atoms with Crippen molar-refractivity contribution in [2.24, 2.45) is 5.41 Å². The van der Waals surface area contributed by atoms with Crippen LogP contribution in [0.2, 0.25) is 0 Å². The van der Waals surface area contributed by atoms with Gasteiger partial charge >= 0.3 is 6.03 Å². The Balaban J connectivity index is 1.78. The molecule has 0 aromatic heterocycles. The molecule has 0 atom stereocenters. The van der Waals surface area contributed by atoms with E-state index >= 15 is 0 Å². The predicted molar refractivity (Wildman–Crippen MR) is 65.4 cm³/mol. The zero-order valence-electron chi connectivity index (χ0n) is 10.4. The third-order valence-electron chi connectivity index (χ3n) is 4.30. The normalized spacial score (nSPS) is 23.7. The van der Waals surface area contributed by atoms with Crippen molar-refractivity contribution in [3.63, 3.8) is 0 Å². The minimum Gasteiger partial charge on any atom is -0.338 e. The van der Waals surface area contributed by atoms with E-state index in [0.717, 1.165) is 26.1 Å². The van der Waals surface area contributed by atoms with Gasteiger partial charge in [0.25, 0.3) is 0 Å². The van der Waals surface area contributed by atoms with E-state index in [0.29, 0.717) is 5.41 Å². The Morgan fingerprint density at radius 3 is 2.38 bits per heavy atom. The summed E-state index contributed by atoms with van der Waals surface area (Å²) in [5.74, 6) is 0. The molecule has 1 aliphatic heterocycles. The molecule has 0 radical (unpaired) electrons. The number of nitrogens with zero attached hydrogens (tertiary/aromatic N) is 1. The predicted octanol–water partition coefficient (Wildman–Crippen LogP) is 2.76. The van der Waals surface area contributed by atoms with Crippen LogP contribution in [0, 0.1) is 5.41 Å². The molecule has 1 aliphatic carbocycles. The van der Waals surface area contributed by atoms with E-state index in [9.17, 15) is 4.79 Å². The number of carbonyl (C=O) groups is 1. The van der Waals surface area contributed by atoms with Crippen molar-refractivity contribution >= 4 is 6.03 Å². The van der Waals surface area contributed by atoms with Crippen molar-refractivity contribution in [2.75, 3.05) is 19.6 Å². The Labute approximate surface area is 98.6 Å². The van der Waals surface area contributed by atoms with Gasteiger partial charge in [-0.1, -0.05) is 19.8 Å². The second-order valence-corrected chi connectivity index (χ2v) is 5.43. The molecule has 1 N–H and O–H groups in total. The highest BCUT2D eigenvalue weighted by molar-refractivity contribution is 5.74. The van der Waals surface area contributed by atoms with Crippen molar-refractivity contribution < 1.29 is 4.79 Å². The summed E-state index contributed by atoms with van der Waals surface area (Å²) in [6, 6.07) is 0.148. The average Bonchev–Trinajstić information content (AvgIpc) is 2.75. The van der Waals surface area contributed by atoms with Crippen LogP contribution in [-0.2, 0) is 0 Å². The zero-order valence-corrected chi connectivity index (χ0v) is 10.4. The van der Waals surface area contributed by atoms with Crippen LogP contribution in [0.4, 0.5) is 4.79 Å². The van der Waals surface area contributed by atoms with Crippen molar-refractivity contribution in [2.45, 2.75) is 51.9 Å². The summed E-state index contributed by atoms with van der Waals surface area (Å²) in [5.41, 5.74) is 0.613. The summed E-state index contributed by atoms with van der Waals surface area (Å²) in [7, 11) is 0. The highest BCUT2D eigenvalue weighted by Gasteiger charge is 2.37. The first kappa shape index (κ1) is 11.7. The van der Waals surface area contributed by atoms with E-state index in [2.05, 4.69) is 12.2 Å². The first-order valence-corrected chi connectivity index (χ1v) is 6.79. The van der Waals surface area contributed by atoms with E-state index in [1.807, 2.05) is 4.90 Å². The van der Waals surface area contributed by atoms with Gasteiger partial charge < -0.3 is 10.2 Å². The van der Waals surface area contributed by atoms with Gasteiger partial charge in [-0.3, -0.25) is 0 Å². The van der Waals surface area contributed by atoms with Crippen molar-refractivity contribution in [1.82, 2.24) is 10.2 Å². The van der Waals surface area contributed by atoms with Crippen LogP contribution in [0.5, 0.6) is 0 Å². The number of urea groups is 1. The van der Waals surface area contributed by atoms with Gasteiger partial charge in [0, 0.05) is 19.6 Å². The van der Waals surface area contributed by atoms with Crippen LogP contribution in [0.3, 0.4) is 0 Å². The lowest BCUT2D eigenvalue weighted by Gasteiger charge is -2.39. The minimum absolute atomic E-state index is 0.148. The largest absolute Gasteiger partial charge is 0.338 e. The van der Waals surface area contributed by atoms with Crippen LogP contribution < -0.4 is 5.32 Å². The maximum absolute atomic E-state index is 11.8. The maximum atomic E-state index is 11.8. The molecule has 1 heterocycles. The summed E-state index contributed by atoms with van der Waals surface area (Å²) >= 11 is 0. The monoisotopic (exact) mass is 224 g/mol. The number of hydrogen-bond acceptors (Lipinski definition) is 1. The lowest BCUT2D eigenvalue weighted by atomic mass is 9.77. The van der Waals surface area contributed by atoms with Gasteiger partial charge in [-0.05, 0) is 37.5 Å². The van der Waals surface area contributed by atoms with Gasteiger partial charge in [-0.25, -0.2) is 4.79 Å². The lowest BCUT2D eigenvalue weighted by molar-refractivity contribution is 0.121. The zero-order chi connectivity index (χ0) is 11.4. The van der Waals surface area contributed by atoms with E-state index in [1.165, 1.54) is 38.5 Å². The number of amides is 2. The quantitative estimate of drug-likeness (QED) is 0.768. The number of rotatable bonds is 2. The molecule has 3 heteroatoms. The number of carbonyl (C=O) groups excluding carboxylic acids is 1. The van der Waals surface area contributed by atoms with Crippen LogP contribution in [0.25, 0.3) is 0 Å². The molecule has 92 valence electrons. The molecule has 3 nitrogen and oxygen atoms in total. The summed E-state index contributed by atoms with van der Waals surface area (Å²) < 4.78 is 0. The minimum atomic E-state index is 0.148. The Morgan fingerprint density at radius 1 is 1.19 bits per heavy atom. The topological polar surface area (TPSA) is 32.3 Å². The summed E-state index contributed by atoms with van der Waals surface area (Å²) in [6.45, 7) is 4.83. The molecule has 2 amide bonds. The molecular formula is C13H24N2O. The first-order valence-electron chi connectivity index (χ1n) is 6.79. The van der Waals surface area contributed by atoms with Crippen molar-refractivity contribution in [3.8, 4) is 0 Å². The third-order valence-corrected chi connectivity index (χ3v) is 4.30. The van der Waals surface area contributed by atoms with E-state index < -0.39 is 0 Å². The fourth-order valence-corrected chi connectivity index (χ4v) is 3.15. The van der Waals surface area contributed by atoms with Crippen molar-refractivity contribution in [1.29, 1.82) is 0 Å². The lowest BCUT2D eigenvalue weighted by Crippen LogP contribution is -2.46. The molecule has 0 unspecified atom stereocenters. The van der Waals surface area contributed by atoms with E-state index in [4.69, 9.17) is 0 Å². The number of hydrogen-bond donors (Lipinski definition) is 1. The fraction of sp³-hybridized carbons (Fsp3) is 0.923. The molecule has 2 rings (SSSR count). The van der Waals surface area contributed by atoms with Crippen LogP contribution in [0.1, 0.15) is 51.9 Å². The highest BCUT2D eigenvalue weighted by Crippen LogP contribution is 2.45. The van der Waals surface area contributed by atoms with Crippen LogP contribution in [0.15, 0.2) is 0 Å². The Hall–Kier alpha value is -0.730. The van der Waals surface area contributed by atoms with Gasteiger partial charge in [-0.15, -0.1) is 0 Å². The summed E-state index contributed by atoms with van der Waals surface area (Å²) in [5, 5.41) is 2.97. The maximum Gasteiger partial charge on any atom is 0.317 e. The summed E-state index contributed by atoms with van der Waals surface area (Å²) in [4.78, 5) is 13.8. The third kappa shape index (κ3) is 2.50. The fourth-order valence-electron chi connectivity index (χ4n) is 3.15. The molecular weight excluding hydrogens is 200 g/mol. The molecule has 1 spiro atoms. The molecule has 2 aliphatic rings. The number of nitrogens with one attached hydrogen (secondary N) is 1. The molecule has 0 aromatic carbocycles. The number of likely N-dealkylation sites (tertiary alicyclic amines) is 1.